The van der Waals surface area contributed by atoms with Gasteiger partial charge in [0.2, 0.25) is 0 Å². The summed E-state index contributed by atoms with van der Waals surface area (Å²) in [5, 5.41) is 0. The van der Waals surface area contributed by atoms with Gasteiger partial charge in [0.25, 0.3) is 0 Å². The lowest BCUT2D eigenvalue weighted by molar-refractivity contribution is -0.137. The van der Waals surface area contributed by atoms with E-state index >= 15 is 0 Å². The van der Waals surface area contributed by atoms with Crippen molar-refractivity contribution >= 4 is 11.9 Å². The Labute approximate surface area is 177 Å². The number of hydrogen-bond acceptors (Lipinski definition) is 7. The van der Waals surface area contributed by atoms with E-state index in [1.165, 1.54) is 14.2 Å². The molecule has 1 aromatic carbocycles. The van der Waals surface area contributed by atoms with Crippen LogP contribution in [0.15, 0.2) is 47.8 Å². The summed E-state index contributed by atoms with van der Waals surface area (Å²) in [5.74, 6) is -0.828. The second kappa shape index (κ2) is 10.3. The molecule has 0 N–H and O–H groups in total. The van der Waals surface area contributed by atoms with Crippen molar-refractivity contribution in [1.29, 1.82) is 0 Å². The van der Waals surface area contributed by atoms with Crippen molar-refractivity contribution in [2.75, 3.05) is 34.0 Å². The highest BCUT2D eigenvalue weighted by Gasteiger charge is 2.35. The lowest BCUT2D eigenvalue weighted by atomic mass is 9.83. The van der Waals surface area contributed by atoms with Gasteiger partial charge in [0.1, 0.15) is 5.75 Å². The van der Waals surface area contributed by atoms with Crippen LogP contribution in [0.25, 0.3) is 0 Å². The van der Waals surface area contributed by atoms with Gasteiger partial charge in [0.05, 0.1) is 44.0 Å². The first-order chi connectivity index (χ1) is 14.6. The molecule has 7 heteroatoms. The SMILES string of the molecule is CCCOc1ccc(C2C(C(=O)OC)=CN(C[C@@H]3CCCO3)C=C2C(=O)OC)cc1. The molecule has 2 aliphatic heterocycles. The molecule has 0 bridgehead atoms. The van der Waals surface area contributed by atoms with Gasteiger partial charge in [-0.3, -0.25) is 0 Å². The van der Waals surface area contributed by atoms with Gasteiger partial charge in [0.15, 0.2) is 0 Å². The molecule has 0 spiro atoms. The fourth-order valence-electron chi connectivity index (χ4n) is 3.75. The van der Waals surface area contributed by atoms with E-state index in [2.05, 4.69) is 0 Å². The predicted molar refractivity (Wildman–Crippen MR) is 111 cm³/mol. The molecule has 0 amide bonds. The second-order valence-electron chi connectivity index (χ2n) is 7.33. The summed E-state index contributed by atoms with van der Waals surface area (Å²) >= 11 is 0. The maximum Gasteiger partial charge on any atom is 0.336 e. The quantitative estimate of drug-likeness (QED) is 0.604. The van der Waals surface area contributed by atoms with E-state index in [9.17, 15) is 9.59 Å². The average molecular weight is 415 g/mol. The van der Waals surface area contributed by atoms with Gasteiger partial charge >= 0.3 is 11.9 Å². The molecule has 30 heavy (non-hydrogen) atoms. The standard InChI is InChI=1S/C23H29NO6/c1-4-11-29-17-9-7-16(8-10-17)21-19(22(25)27-2)14-24(13-18-6-5-12-30-18)15-20(21)23(26)28-3/h7-10,14-15,18,21H,4-6,11-13H2,1-3H3/t18-/m0/s1. The van der Waals surface area contributed by atoms with Gasteiger partial charge in [-0.15, -0.1) is 0 Å². The number of carbonyl (C=O) groups excluding carboxylic acids is 2. The van der Waals surface area contributed by atoms with Crippen LogP contribution in [0.2, 0.25) is 0 Å². The Bertz CT molecular complexity index is 773. The highest BCUT2D eigenvalue weighted by Crippen LogP contribution is 2.38. The van der Waals surface area contributed by atoms with Crippen molar-refractivity contribution in [3.8, 4) is 5.75 Å². The molecule has 0 aliphatic carbocycles. The van der Waals surface area contributed by atoms with Crippen LogP contribution in [0.5, 0.6) is 5.75 Å². The first-order valence-corrected chi connectivity index (χ1v) is 10.3. The molecule has 0 radical (unpaired) electrons. The lowest BCUT2D eigenvalue weighted by Crippen LogP contribution is -2.32. The van der Waals surface area contributed by atoms with E-state index in [-0.39, 0.29) is 6.10 Å². The molecule has 1 aromatic rings. The summed E-state index contributed by atoms with van der Waals surface area (Å²) in [7, 11) is 2.67. The highest BCUT2D eigenvalue weighted by atomic mass is 16.5. The molecular formula is C23H29NO6. The molecular weight excluding hydrogens is 386 g/mol. The van der Waals surface area contributed by atoms with Crippen molar-refractivity contribution < 1.29 is 28.5 Å². The molecule has 0 unspecified atom stereocenters. The molecule has 2 aliphatic rings. The summed E-state index contributed by atoms with van der Waals surface area (Å²) < 4.78 is 21.4. The van der Waals surface area contributed by atoms with Crippen molar-refractivity contribution in [2.24, 2.45) is 0 Å². The van der Waals surface area contributed by atoms with E-state index < -0.39 is 17.9 Å². The van der Waals surface area contributed by atoms with Gasteiger partial charge < -0.3 is 23.8 Å². The van der Waals surface area contributed by atoms with E-state index in [4.69, 9.17) is 18.9 Å². The van der Waals surface area contributed by atoms with Gasteiger partial charge in [-0.25, -0.2) is 9.59 Å². The third kappa shape index (κ3) is 5.02. The fraction of sp³-hybridized carbons (Fsp3) is 0.478. The fourth-order valence-corrected chi connectivity index (χ4v) is 3.75. The number of methoxy groups -OCH3 is 2. The second-order valence-corrected chi connectivity index (χ2v) is 7.33. The molecule has 0 saturated carbocycles. The number of benzene rings is 1. The van der Waals surface area contributed by atoms with Crippen LogP contribution in [0.4, 0.5) is 0 Å². The van der Waals surface area contributed by atoms with E-state index in [0.717, 1.165) is 37.2 Å². The summed E-state index contributed by atoms with van der Waals surface area (Å²) in [6.45, 7) is 3.95. The Kier molecular flexibility index (Phi) is 7.52. The number of nitrogens with zero attached hydrogens (tertiary/aromatic N) is 1. The largest absolute Gasteiger partial charge is 0.494 e. The Morgan fingerprint density at radius 1 is 1.07 bits per heavy atom. The molecule has 1 saturated heterocycles. The number of rotatable bonds is 8. The minimum atomic E-state index is -0.592. The summed E-state index contributed by atoms with van der Waals surface area (Å²) in [6, 6.07) is 7.40. The van der Waals surface area contributed by atoms with Crippen molar-refractivity contribution in [3.63, 3.8) is 0 Å². The van der Waals surface area contributed by atoms with Crippen LogP contribution in [-0.2, 0) is 23.8 Å². The highest BCUT2D eigenvalue weighted by molar-refractivity contribution is 5.98. The van der Waals surface area contributed by atoms with Gasteiger partial charge in [-0.2, -0.15) is 0 Å². The molecule has 0 aromatic heterocycles. The summed E-state index contributed by atoms with van der Waals surface area (Å²) in [5.41, 5.74) is 1.53. The molecule has 2 heterocycles. The Hall–Kier alpha value is -2.80. The third-order valence-electron chi connectivity index (χ3n) is 5.20. The zero-order chi connectivity index (χ0) is 21.5. The van der Waals surface area contributed by atoms with Crippen LogP contribution in [0, 0.1) is 0 Å². The summed E-state index contributed by atoms with van der Waals surface area (Å²) in [4.78, 5) is 27.1. The number of ether oxygens (including phenoxy) is 4. The lowest BCUT2D eigenvalue weighted by Gasteiger charge is -2.31. The molecule has 162 valence electrons. The van der Waals surface area contributed by atoms with Crippen LogP contribution in [0.3, 0.4) is 0 Å². The zero-order valence-corrected chi connectivity index (χ0v) is 17.8. The van der Waals surface area contributed by atoms with Gasteiger partial charge in [-0.05, 0) is 37.0 Å². The maximum absolute atomic E-state index is 12.6. The van der Waals surface area contributed by atoms with Crippen LogP contribution >= 0.6 is 0 Å². The Morgan fingerprint density at radius 2 is 1.70 bits per heavy atom. The molecule has 1 atom stereocenters. The normalized spacial score (nSPS) is 19.2. The molecule has 7 nitrogen and oxygen atoms in total. The van der Waals surface area contributed by atoms with E-state index in [1.54, 1.807) is 12.4 Å². The minimum Gasteiger partial charge on any atom is -0.494 e. The van der Waals surface area contributed by atoms with Gasteiger partial charge in [0, 0.05) is 25.6 Å². The van der Waals surface area contributed by atoms with Crippen LogP contribution < -0.4 is 4.74 Å². The van der Waals surface area contributed by atoms with Crippen molar-refractivity contribution in [1.82, 2.24) is 4.90 Å². The van der Waals surface area contributed by atoms with E-state index in [0.29, 0.717) is 24.3 Å². The zero-order valence-electron chi connectivity index (χ0n) is 17.8. The number of esters is 2. The smallest absolute Gasteiger partial charge is 0.336 e. The summed E-state index contributed by atoms with van der Waals surface area (Å²) in [6.07, 6.45) is 6.41. The van der Waals surface area contributed by atoms with Gasteiger partial charge in [-0.1, -0.05) is 19.1 Å². The van der Waals surface area contributed by atoms with Crippen LogP contribution in [0.1, 0.15) is 37.7 Å². The van der Waals surface area contributed by atoms with E-state index in [1.807, 2.05) is 36.1 Å². The first-order valence-electron chi connectivity index (χ1n) is 10.3. The minimum absolute atomic E-state index is 0.0573. The first kappa shape index (κ1) is 21.9. The Balaban J connectivity index is 1.95. The topological polar surface area (TPSA) is 74.3 Å². The maximum atomic E-state index is 12.6. The van der Waals surface area contributed by atoms with Crippen molar-refractivity contribution in [2.45, 2.75) is 38.2 Å². The van der Waals surface area contributed by atoms with Crippen molar-refractivity contribution in [3.05, 3.63) is 53.4 Å². The number of hydrogen-bond donors (Lipinski definition) is 0. The molecule has 1 fully saturated rings. The Morgan fingerprint density at radius 3 is 2.20 bits per heavy atom. The number of carbonyl (C=O) groups is 2. The monoisotopic (exact) mass is 415 g/mol. The predicted octanol–water partition coefficient (Wildman–Crippen LogP) is 3.17. The molecule has 3 rings (SSSR count). The van der Waals surface area contributed by atoms with Crippen LogP contribution in [-0.4, -0.2) is 56.9 Å². The average Bonchev–Trinajstić information content (AvgIpc) is 3.29. The third-order valence-corrected chi connectivity index (χ3v) is 5.20.